The van der Waals surface area contributed by atoms with Crippen LogP contribution in [0, 0.1) is 0 Å². The predicted molar refractivity (Wildman–Crippen MR) is 122 cm³/mol. The topological polar surface area (TPSA) is 58.1 Å². The molecule has 0 aliphatic rings. The first-order valence-electron chi connectivity index (χ1n) is 10.1. The number of nitrogens with zero attached hydrogens (tertiary/aromatic N) is 1. The first-order valence-corrected chi connectivity index (χ1v) is 10.8. The van der Waals surface area contributed by atoms with Gasteiger partial charge >= 0.3 is 12.4 Å². The molecular weight excluding hydrogens is 533 g/mol. The number of phenols is 1. The molecule has 0 amide bonds. The number of hydrogen-bond donors (Lipinski definition) is 2. The van der Waals surface area contributed by atoms with E-state index >= 15 is 0 Å². The molecule has 2 N–H and O–H groups in total. The highest BCUT2D eigenvalue weighted by Crippen LogP contribution is 2.45. The van der Waals surface area contributed by atoms with Gasteiger partial charge in [0.15, 0.2) is 0 Å². The molecule has 0 unspecified atom stereocenters. The van der Waals surface area contributed by atoms with Crippen LogP contribution in [0.1, 0.15) is 16.8 Å². The zero-order valence-corrected chi connectivity index (χ0v) is 19.3. The normalized spacial score (nSPS) is 12.1. The van der Waals surface area contributed by atoms with Gasteiger partial charge in [0.1, 0.15) is 29.5 Å². The minimum absolute atomic E-state index is 0.105. The third kappa shape index (κ3) is 5.39. The summed E-state index contributed by atoms with van der Waals surface area (Å²) in [6.07, 6.45) is -9.71. The van der Waals surface area contributed by atoms with Crippen LogP contribution in [0.5, 0.6) is 11.5 Å². The summed E-state index contributed by atoms with van der Waals surface area (Å²) >= 11 is 11.6. The standard InChI is InChI=1S/C24H14Cl2F6N2O2/c25-14-4-1-12(2-5-14)11-36-15-6-7-16(19(35)10-15)21-20(22(34-33-21)24(30,31)32)13-3-8-17(18(26)9-13)23(27,28)29/h1-10,35H,11H2,(H,33,34). The second-order valence-corrected chi connectivity index (χ2v) is 8.45. The fourth-order valence-electron chi connectivity index (χ4n) is 3.47. The van der Waals surface area contributed by atoms with Crippen molar-refractivity contribution < 1.29 is 36.2 Å². The first-order chi connectivity index (χ1) is 16.8. The Kier molecular flexibility index (Phi) is 6.85. The van der Waals surface area contributed by atoms with E-state index in [0.29, 0.717) is 11.1 Å². The summed E-state index contributed by atoms with van der Waals surface area (Å²) in [4.78, 5) is 0. The Bertz CT molecular complexity index is 1400. The van der Waals surface area contributed by atoms with Crippen LogP contribution in [-0.4, -0.2) is 15.3 Å². The van der Waals surface area contributed by atoms with Crippen LogP contribution < -0.4 is 4.74 Å². The van der Waals surface area contributed by atoms with Crippen molar-refractivity contribution in [2.75, 3.05) is 0 Å². The number of alkyl halides is 6. The zero-order chi connectivity index (χ0) is 26.3. The molecule has 4 rings (SSSR count). The van der Waals surface area contributed by atoms with E-state index in [-0.39, 0.29) is 29.2 Å². The van der Waals surface area contributed by atoms with Crippen LogP contribution in [0.4, 0.5) is 26.3 Å². The molecule has 0 saturated carbocycles. The Morgan fingerprint density at radius 2 is 1.56 bits per heavy atom. The highest BCUT2D eigenvalue weighted by atomic mass is 35.5. The van der Waals surface area contributed by atoms with Gasteiger partial charge in [-0.15, -0.1) is 0 Å². The molecule has 0 spiro atoms. The minimum Gasteiger partial charge on any atom is -0.507 e. The minimum atomic E-state index is -4.92. The lowest BCUT2D eigenvalue weighted by molar-refractivity contribution is -0.140. The Labute approximate surface area is 210 Å². The summed E-state index contributed by atoms with van der Waals surface area (Å²) in [5, 5.41) is 15.9. The zero-order valence-electron chi connectivity index (χ0n) is 17.8. The molecule has 1 heterocycles. The maximum atomic E-state index is 13.7. The number of nitrogens with one attached hydrogen (secondary N) is 1. The third-order valence-corrected chi connectivity index (χ3v) is 5.72. The molecule has 36 heavy (non-hydrogen) atoms. The molecule has 4 aromatic rings. The van der Waals surface area contributed by atoms with Crippen LogP contribution in [0.25, 0.3) is 22.4 Å². The maximum absolute atomic E-state index is 13.7. The Morgan fingerprint density at radius 1 is 0.861 bits per heavy atom. The molecule has 0 fully saturated rings. The van der Waals surface area contributed by atoms with E-state index in [1.807, 2.05) is 5.10 Å². The van der Waals surface area contributed by atoms with Gasteiger partial charge in [-0.1, -0.05) is 41.4 Å². The van der Waals surface area contributed by atoms with Gasteiger partial charge in [-0.25, -0.2) is 0 Å². The smallest absolute Gasteiger partial charge is 0.433 e. The van der Waals surface area contributed by atoms with Gasteiger partial charge in [-0.3, -0.25) is 5.10 Å². The lowest BCUT2D eigenvalue weighted by atomic mass is 9.97. The molecule has 0 aliphatic heterocycles. The van der Waals surface area contributed by atoms with E-state index in [1.165, 1.54) is 18.2 Å². The fraction of sp³-hybridized carbons (Fsp3) is 0.125. The molecule has 0 radical (unpaired) electrons. The fourth-order valence-corrected chi connectivity index (χ4v) is 3.89. The highest BCUT2D eigenvalue weighted by molar-refractivity contribution is 6.31. The SMILES string of the molecule is Oc1cc(OCc2ccc(Cl)cc2)ccc1-c1n[nH]c(C(F)(F)F)c1-c1ccc(C(F)(F)F)c(Cl)c1. The molecule has 0 atom stereocenters. The number of halogens is 8. The Balaban J connectivity index is 1.72. The molecule has 0 saturated heterocycles. The molecule has 4 nitrogen and oxygen atoms in total. The summed E-state index contributed by atoms with van der Waals surface area (Å²) in [7, 11) is 0. The number of H-pyrrole nitrogens is 1. The van der Waals surface area contributed by atoms with Crippen LogP contribution in [-0.2, 0) is 19.0 Å². The molecule has 3 aromatic carbocycles. The predicted octanol–water partition coefficient (Wildman–Crippen LogP) is 8.37. The van der Waals surface area contributed by atoms with Gasteiger partial charge in [-0.2, -0.15) is 31.4 Å². The lowest BCUT2D eigenvalue weighted by Crippen LogP contribution is -2.08. The average Bonchev–Trinajstić information content (AvgIpc) is 3.23. The third-order valence-electron chi connectivity index (χ3n) is 5.16. The number of benzene rings is 3. The molecule has 12 heteroatoms. The summed E-state index contributed by atoms with van der Waals surface area (Å²) in [6.45, 7) is 0.131. The average molecular weight is 547 g/mol. The van der Waals surface area contributed by atoms with Crippen molar-refractivity contribution in [3.63, 3.8) is 0 Å². The van der Waals surface area contributed by atoms with Crippen molar-refractivity contribution in [2.45, 2.75) is 19.0 Å². The second kappa shape index (κ2) is 9.59. The number of ether oxygens (including phenoxy) is 1. The van der Waals surface area contributed by atoms with Gasteiger partial charge in [0.25, 0.3) is 0 Å². The molecule has 0 bridgehead atoms. The summed E-state index contributed by atoms with van der Waals surface area (Å²) < 4.78 is 86.0. The van der Waals surface area contributed by atoms with E-state index in [0.717, 1.165) is 17.7 Å². The Hall–Kier alpha value is -3.37. The number of aromatic nitrogens is 2. The van der Waals surface area contributed by atoms with Crippen molar-refractivity contribution in [2.24, 2.45) is 0 Å². The van der Waals surface area contributed by atoms with Gasteiger partial charge in [-0.05, 0) is 47.5 Å². The number of phenolic OH excluding ortho intramolecular Hbond substituents is 1. The monoisotopic (exact) mass is 546 g/mol. The molecule has 188 valence electrons. The van der Waals surface area contributed by atoms with E-state index < -0.39 is 39.9 Å². The van der Waals surface area contributed by atoms with E-state index in [2.05, 4.69) is 5.10 Å². The van der Waals surface area contributed by atoms with E-state index in [4.69, 9.17) is 27.9 Å². The van der Waals surface area contributed by atoms with Crippen molar-refractivity contribution in [3.05, 3.63) is 87.5 Å². The summed E-state index contributed by atoms with van der Waals surface area (Å²) in [6, 6.07) is 12.9. The van der Waals surface area contributed by atoms with Crippen molar-refractivity contribution in [1.29, 1.82) is 0 Å². The maximum Gasteiger partial charge on any atom is 0.433 e. The number of aromatic amines is 1. The van der Waals surface area contributed by atoms with Crippen molar-refractivity contribution >= 4 is 23.2 Å². The van der Waals surface area contributed by atoms with Crippen LogP contribution in [0.15, 0.2) is 60.7 Å². The quantitative estimate of drug-likeness (QED) is 0.247. The summed E-state index contributed by atoms with van der Waals surface area (Å²) in [5.74, 6) is -0.236. The van der Waals surface area contributed by atoms with E-state index in [1.54, 1.807) is 24.3 Å². The highest BCUT2D eigenvalue weighted by Gasteiger charge is 2.39. The van der Waals surface area contributed by atoms with Crippen LogP contribution >= 0.6 is 23.2 Å². The number of hydrogen-bond acceptors (Lipinski definition) is 3. The van der Waals surface area contributed by atoms with Crippen molar-refractivity contribution in [1.82, 2.24) is 10.2 Å². The number of aromatic hydroxyl groups is 1. The van der Waals surface area contributed by atoms with Crippen LogP contribution in [0.3, 0.4) is 0 Å². The van der Waals surface area contributed by atoms with Gasteiger partial charge < -0.3 is 9.84 Å². The van der Waals surface area contributed by atoms with Gasteiger partial charge in [0.2, 0.25) is 0 Å². The Morgan fingerprint density at radius 3 is 2.14 bits per heavy atom. The largest absolute Gasteiger partial charge is 0.507 e. The lowest BCUT2D eigenvalue weighted by Gasteiger charge is -2.14. The van der Waals surface area contributed by atoms with Crippen LogP contribution in [0.2, 0.25) is 10.0 Å². The van der Waals surface area contributed by atoms with E-state index in [9.17, 15) is 31.4 Å². The van der Waals surface area contributed by atoms with Gasteiger partial charge in [0, 0.05) is 22.2 Å². The summed E-state index contributed by atoms with van der Waals surface area (Å²) in [5.41, 5.74) is -3.00. The first kappa shape index (κ1) is 25.7. The van der Waals surface area contributed by atoms with Crippen molar-refractivity contribution in [3.8, 4) is 33.9 Å². The molecular formula is C24H14Cl2F6N2O2. The van der Waals surface area contributed by atoms with Gasteiger partial charge in [0.05, 0.1) is 10.6 Å². The second-order valence-electron chi connectivity index (χ2n) is 7.61. The molecule has 0 aliphatic carbocycles. The number of rotatable bonds is 5. The molecule has 1 aromatic heterocycles.